The average Bonchev–Trinajstić information content (AvgIpc) is 3.67. The average molecular weight is 844 g/mol. The second-order valence-electron chi connectivity index (χ2n) is 12.8. The van der Waals surface area contributed by atoms with Crippen LogP contribution in [0.2, 0.25) is 0 Å². The number of nitrogens with one attached hydrogen (secondary N) is 2. The molecule has 20 heteroatoms. The molecule has 6 rings (SSSR count). The second kappa shape index (κ2) is 18.0. The smallest absolute Gasteiger partial charge is 0.382 e. The predicted octanol–water partition coefficient (Wildman–Crippen LogP) is 3.55. The van der Waals surface area contributed by atoms with Gasteiger partial charge in [0.2, 0.25) is 17.7 Å². The number of fused-ring (bicyclic) bond motifs is 2. The number of ether oxygens (including phenoxy) is 2. The van der Waals surface area contributed by atoms with E-state index in [0.29, 0.717) is 44.7 Å². The molecule has 2 aliphatic rings. The second-order valence-corrected chi connectivity index (χ2v) is 15.3. The van der Waals surface area contributed by atoms with E-state index in [0.717, 1.165) is 6.42 Å². The van der Waals surface area contributed by atoms with Crippen molar-refractivity contribution in [1.29, 1.82) is 0 Å². The number of phosphoric acid groups is 1. The summed E-state index contributed by atoms with van der Waals surface area (Å²) in [7, 11) is -1.14. The fourth-order valence-electron chi connectivity index (χ4n) is 6.22. The van der Waals surface area contributed by atoms with Crippen LogP contribution in [0.4, 0.5) is 5.82 Å². The van der Waals surface area contributed by atoms with Gasteiger partial charge in [-0.3, -0.25) is 37.4 Å². The molecule has 0 radical (unpaired) electrons. The van der Waals surface area contributed by atoms with Crippen LogP contribution in [0.1, 0.15) is 36.1 Å². The molecular weight excluding hydrogens is 803 g/mol. The molecule has 2 N–H and O–H groups in total. The number of ketones is 1. The van der Waals surface area contributed by atoms with E-state index in [1.165, 1.54) is 25.8 Å². The molecule has 2 fully saturated rings. The first-order valence-corrected chi connectivity index (χ1v) is 19.6. The lowest BCUT2D eigenvalue weighted by atomic mass is 10.0. The van der Waals surface area contributed by atoms with Crippen LogP contribution in [0, 0.1) is 5.92 Å². The molecule has 18 nitrogen and oxygen atoms in total. The van der Waals surface area contributed by atoms with E-state index in [2.05, 4.69) is 46.6 Å². The van der Waals surface area contributed by atoms with Crippen molar-refractivity contribution in [3.05, 3.63) is 64.9 Å². The highest BCUT2D eigenvalue weighted by Crippen LogP contribution is 2.49. The molecule has 292 valence electrons. The van der Waals surface area contributed by atoms with Gasteiger partial charge in [0.15, 0.2) is 5.78 Å². The summed E-state index contributed by atoms with van der Waals surface area (Å²) < 4.78 is 40.2. The highest BCUT2D eigenvalue weighted by Gasteiger charge is 2.56. The summed E-state index contributed by atoms with van der Waals surface area (Å²) in [6.07, 6.45) is 4.56. The number of rotatable bonds is 19. The maximum Gasteiger partial charge on any atom is 0.475 e. The Morgan fingerprint density at radius 1 is 0.945 bits per heavy atom. The number of nitrogens with zero attached hydrogens (tertiary/aromatic N) is 6. The molecule has 1 aliphatic carbocycles. The van der Waals surface area contributed by atoms with Gasteiger partial charge in [-0.25, -0.2) is 19.5 Å². The molecule has 1 aromatic carbocycles. The van der Waals surface area contributed by atoms with Gasteiger partial charge in [-0.15, -0.1) is 0 Å². The Bertz CT molecular complexity index is 2090. The largest absolute Gasteiger partial charge is 0.475 e. The summed E-state index contributed by atoms with van der Waals surface area (Å²) in [6, 6.07) is 9.91. The van der Waals surface area contributed by atoms with Gasteiger partial charge in [0.1, 0.15) is 41.1 Å². The Balaban J connectivity index is 1.09. The zero-order chi connectivity index (χ0) is 39.1. The lowest BCUT2D eigenvalue weighted by Crippen LogP contribution is -2.46. The number of carbonyl (C=O) groups excluding carboxylic acids is 4. The van der Waals surface area contributed by atoms with Crippen molar-refractivity contribution in [2.45, 2.75) is 44.9 Å². The number of phosphoric ester groups is 1. The standard InChI is InChI=1S/C35H40BrN8O10P/c1-21(45)34-25-13-22(24-16-37-31(38-17-24)18-39-32(46)20-54-55(49,52-11-9-50-2)53-12-10-51-3)7-8-26(25)43(42-34)19-33(47)44-27-14-23(27)15-28(44)35(48)41-30-6-4-5-29(36)40-30/h4-8,13,16-17,23,27-28H,9-12,14-15,18-20H2,1-3H3,(H,39,46)(H,40,41,48)/t23-,27-,28+/m1/s1. The van der Waals surface area contributed by atoms with Crippen LogP contribution in [-0.2, 0) is 55.1 Å². The minimum atomic E-state index is -4.04. The molecule has 55 heavy (non-hydrogen) atoms. The molecule has 0 unspecified atom stereocenters. The van der Waals surface area contributed by atoms with Gasteiger partial charge in [-0.05, 0) is 64.5 Å². The highest BCUT2D eigenvalue weighted by atomic mass is 79.9. The first-order valence-electron chi connectivity index (χ1n) is 17.3. The van der Waals surface area contributed by atoms with Crippen molar-refractivity contribution in [2.75, 3.05) is 52.6 Å². The highest BCUT2D eigenvalue weighted by molar-refractivity contribution is 9.10. The van der Waals surface area contributed by atoms with Crippen molar-refractivity contribution >= 4 is 64.0 Å². The van der Waals surface area contributed by atoms with E-state index in [9.17, 15) is 23.7 Å². The first kappa shape index (κ1) is 40.2. The number of anilines is 1. The fourth-order valence-corrected chi connectivity index (χ4v) is 7.66. The molecule has 4 aromatic rings. The quantitative estimate of drug-likeness (QED) is 0.0598. The van der Waals surface area contributed by atoms with E-state index in [1.807, 2.05) is 6.07 Å². The Hall–Kier alpha value is -4.49. The van der Waals surface area contributed by atoms with Gasteiger partial charge < -0.3 is 25.0 Å². The molecule has 3 amide bonds. The van der Waals surface area contributed by atoms with Crippen LogP contribution in [0.25, 0.3) is 22.0 Å². The van der Waals surface area contributed by atoms with Gasteiger partial charge in [0.05, 0.1) is 38.5 Å². The van der Waals surface area contributed by atoms with Crippen molar-refractivity contribution in [3.63, 3.8) is 0 Å². The molecule has 0 spiro atoms. The number of aromatic nitrogens is 5. The third kappa shape index (κ3) is 10.0. The van der Waals surface area contributed by atoms with Crippen LogP contribution in [0.5, 0.6) is 0 Å². The van der Waals surface area contributed by atoms with E-state index in [1.54, 1.807) is 47.6 Å². The Kier molecular flexibility index (Phi) is 13.1. The maximum atomic E-state index is 13.8. The number of likely N-dealkylation sites (tertiary alicyclic amines) is 1. The molecule has 3 atom stereocenters. The van der Waals surface area contributed by atoms with E-state index in [4.69, 9.17) is 23.0 Å². The van der Waals surface area contributed by atoms with Gasteiger partial charge in [-0.2, -0.15) is 5.10 Å². The van der Waals surface area contributed by atoms with Crippen molar-refractivity contribution < 1.29 is 46.8 Å². The number of hydrogen-bond acceptors (Lipinski definition) is 14. The van der Waals surface area contributed by atoms with Gasteiger partial charge >= 0.3 is 7.82 Å². The zero-order valence-corrected chi connectivity index (χ0v) is 32.8. The van der Waals surface area contributed by atoms with Crippen molar-refractivity contribution in [1.82, 2.24) is 34.9 Å². The number of methoxy groups -OCH3 is 2. The monoisotopic (exact) mass is 842 g/mol. The molecule has 4 heterocycles. The summed E-state index contributed by atoms with van der Waals surface area (Å²) in [5.74, 6) is -0.494. The number of halogens is 1. The first-order chi connectivity index (χ1) is 26.5. The number of benzene rings is 1. The molecule has 1 saturated carbocycles. The van der Waals surface area contributed by atoms with E-state index >= 15 is 0 Å². The fraction of sp³-hybridized carbons (Fsp3) is 0.429. The number of piperidine rings is 1. The molecular formula is C35H40BrN8O10P. The topological polar surface area (TPSA) is 215 Å². The Morgan fingerprint density at radius 2 is 1.67 bits per heavy atom. The molecule has 1 saturated heterocycles. The normalized spacial score (nSPS) is 17.6. The number of pyridine rings is 1. The number of amides is 3. The van der Waals surface area contributed by atoms with Gasteiger partial charge in [0.25, 0.3) is 0 Å². The third-order valence-electron chi connectivity index (χ3n) is 8.94. The summed E-state index contributed by atoms with van der Waals surface area (Å²) in [4.78, 5) is 66.8. The minimum absolute atomic E-state index is 0.0145. The van der Waals surface area contributed by atoms with E-state index < -0.39 is 26.4 Å². The van der Waals surface area contributed by atoms with Gasteiger partial charge in [0, 0.05) is 50.5 Å². The Morgan fingerprint density at radius 3 is 2.35 bits per heavy atom. The third-order valence-corrected chi connectivity index (χ3v) is 10.8. The molecule has 1 aliphatic heterocycles. The summed E-state index contributed by atoms with van der Waals surface area (Å²) in [5, 5.41) is 10.5. The number of carbonyl (C=O) groups is 4. The van der Waals surface area contributed by atoms with E-state index in [-0.39, 0.29) is 74.8 Å². The summed E-state index contributed by atoms with van der Waals surface area (Å²) in [6.45, 7) is 0.762. The predicted molar refractivity (Wildman–Crippen MR) is 200 cm³/mol. The lowest BCUT2D eigenvalue weighted by Gasteiger charge is -2.26. The van der Waals surface area contributed by atoms with Crippen LogP contribution in [0.15, 0.2) is 53.4 Å². The zero-order valence-electron chi connectivity index (χ0n) is 30.3. The molecule has 3 aromatic heterocycles. The van der Waals surface area contributed by atoms with Gasteiger partial charge in [-0.1, -0.05) is 12.1 Å². The SMILES string of the molecule is COCCOP(=O)(OCCOC)OCC(=O)NCc1ncc(-c2ccc3c(c2)c(C(C)=O)nn3CC(=O)N2[C@@H]3C[C@@H]3C[C@H]2C(=O)Nc2cccc(Br)n2)cn1. The van der Waals surface area contributed by atoms with Crippen LogP contribution < -0.4 is 10.6 Å². The maximum absolute atomic E-state index is 13.8. The summed E-state index contributed by atoms with van der Waals surface area (Å²) in [5.41, 5.74) is 2.10. The minimum Gasteiger partial charge on any atom is -0.382 e. The van der Waals surface area contributed by atoms with Crippen molar-refractivity contribution in [3.8, 4) is 11.1 Å². The molecule has 0 bridgehead atoms. The van der Waals surface area contributed by atoms with Crippen LogP contribution in [0.3, 0.4) is 0 Å². The van der Waals surface area contributed by atoms with Crippen LogP contribution >= 0.6 is 23.8 Å². The van der Waals surface area contributed by atoms with Crippen LogP contribution in [-0.4, -0.2) is 112 Å². The number of hydrogen-bond donors (Lipinski definition) is 2. The summed E-state index contributed by atoms with van der Waals surface area (Å²) >= 11 is 3.31. The van der Waals surface area contributed by atoms with Crippen molar-refractivity contribution in [2.24, 2.45) is 5.92 Å². The lowest BCUT2D eigenvalue weighted by molar-refractivity contribution is -0.138. The Labute approximate surface area is 324 Å². The number of Topliss-reactive ketones (excluding diaryl/α,β-unsaturated/α-hetero) is 1.